The molecule has 184 valence electrons. The van der Waals surface area contributed by atoms with Gasteiger partial charge in [-0.1, -0.05) is 43.3 Å². The Kier molecular flexibility index (Phi) is 5.21. The van der Waals surface area contributed by atoms with Gasteiger partial charge in [0.15, 0.2) is 23.0 Å². The number of ketones is 2. The number of allylic oxidation sites excluding steroid dienone is 4. The van der Waals surface area contributed by atoms with Gasteiger partial charge in [-0.3, -0.25) is 9.59 Å². The lowest BCUT2D eigenvalue weighted by atomic mass is 9.46. The number of Topliss-reactive ketones (excluding diaryl/α,β-unsaturated/α-hetero) is 1. The van der Waals surface area contributed by atoms with Gasteiger partial charge in [0.05, 0.1) is 16.9 Å². The van der Waals surface area contributed by atoms with Gasteiger partial charge in [-0.15, -0.1) is 0 Å². The lowest BCUT2D eigenvalue weighted by Gasteiger charge is -2.59. The Morgan fingerprint density at radius 1 is 1.31 bits per heavy atom. The number of pyridine rings is 1. The summed E-state index contributed by atoms with van der Waals surface area (Å²) in [6, 6.07) is 5.70. The van der Waals surface area contributed by atoms with Gasteiger partial charge < -0.3 is 9.84 Å². The first-order valence-electron chi connectivity index (χ1n) is 12.6. The van der Waals surface area contributed by atoms with E-state index in [2.05, 4.69) is 18.8 Å². The van der Waals surface area contributed by atoms with Crippen LogP contribution in [0.5, 0.6) is 0 Å². The zero-order chi connectivity index (χ0) is 24.6. The summed E-state index contributed by atoms with van der Waals surface area (Å²) in [5, 5.41) is 12.5. The molecule has 0 radical (unpaired) electrons. The average Bonchev–Trinajstić information content (AvgIpc) is 3.29. The Morgan fingerprint density at radius 2 is 2.14 bits per heavy atom. The molecule has 4 aliphatic carbocycles. The summed E-state index contributed by atoms with van der Waals surface area (Å²) in [6.07, 6.45) is 9.33. The van der Waals surface area contributed by atoms with E-state index in [-0.39, 0.29) is 46.6 Å². The van der Waals surface area contributed by atoms with Crippen LogP contribution in [0.3, 0.4) is 0 Å². The van der Waals surface area contributed by atoms with E-state index in [0.29, 0.717) is 12.3 Å². The molecule has 1 aliphatic heterocycles. The van der Waals surface area contributed by atoms with Crippen LogP contribution in [0.15, 0.2) is 58.2 Å². The molecule has 6 nitrogen and oxygen atoms in total. The Bertz CT molecular complexity index is 1180. The molecule has 5 aliphatic rings. The number of hydrogen-bond donors (Lipinski definition) is 1. The number of nitrogens with zero attached hydrogens (tertiary/aromatic N) is 2. The van der Waals surface area contributed by atoms with E-state index in [1.54, 1.807) is 18.3 Å². The van der Waals surface area contributed by atoms with Gasteiger partial charge in [0, 0.05) is 29.9 Å². The molecule has 0 spiro atoms. The summed E-state index contributed by atoms with van der Waals surface area (Å²) < 4.78 is 6.23. The maximum absolute atomic E-state index is 14.0. The molecular weight excluding hydrogens is 460 g/mol. The second-order valence-corrected chi connectivity index (χ2v) is 12.3. The highest BCUT2D eigenvalue weighted by Crippen LogP contribution is 2.69. The number of aliphatic hydroxyl groups is 1. The van der Waals surface area contributed by atoms with Crippen molar-refractivity contribution in [3.05, 3.63) is 48.2 Å². The topological polar surface area (TPSA) is 88.9 Å². The SMILES string of the molecule is CC1=N[C@]2(C(=O)CSc3ccccn3)[C@@H](CC3C4CCC5=CC(=O)C=CC5(C)C4C(O)CC32C)O1. The summed E-state index contributed by atoms with van der Waals surface area (Å²) in [5.74, 6) is 1.41. The Hall–Kier alpha value is -2.25. The van der Waals surface area contributed by atoms with Gasteiger partial charge in [0.25, 0.3) is 0 Å². The van der Waals surface area contributed by atoms with Crippen molar-refractivity contribution in [3.63, 3.8) is 0 Å². The summed E-state index contributed by atoms with van der Waals surface area (Å²) in [6.45, 7) is 6.17. The molecule has 1 aromatic rings. The number of aliphatic imine (C=N–C) groups is 1. The minimum atomic E-state index is -0.981. The van der Waals surface area contributed by atoms with Crippen LogP contribution in [-0.2, 0) is 14.3 Å². The number of carbonyl (C=O) groups is 2. The third-order valence-corrected chi connectivity index (χ3v) is 10.7. The van der Waals surface area contributed by atoms with Gasteiger partial charge in [-0.2, -0.15) is 0 Å². The number of thioether (sulfide) groups is 1. The number of aliphatic hydroxyl groups excluding tert-OH is 1. The van der Waals surface area contributed by atoms with Crippen LogP contribution in [-0.4, -0.2) is 51.1 Å². The number of hydrogen-bond acceptors (Lipinski definition) is 7. The fourth-order valence-electron chi connectivity index (χ4n) is 8.37. The van der Waals surface area contributed by atoms with Crippen molar-refractivity contribution in [1.29, 1.82) is 0 Å². The fraction of sp³-hybridized carbons (Fsp3) is 0.571. The van der Waals surface area contributed by atoms with Gasteiger partial charge >= 0.3 is 0 Å². The number of rotatable bonds is 4. The van der Waals surface area contributed by atoms with Crippen molar-refractivity contribution in [2.24, 2.45) is 33.6 Å². The maximum atomic E-state index is 14.0. The maximum Gasteiger partial charge on any atom is 0.181 e. The Labute approximate surface area is 210 Å². The van der Waals surface area contributed by atoms with E-state index in [9.17, 15) is 14.7 Å². The molecule has 7 heteroatoms. The third-order valence-electron chi connectivity index (χ3n) is 9.75. The van der Waals surface area contributed by atoms with E-state index < -0.39 is 17.1 Å². The van der Waals surface area contributed by atoms with E-state index in [1.165, 1.54) is 11.8 Å². The summed E-state index contributed by atoms with van der Waals surface area (Å²) in [4.78, 5) is 35.4. The van der Waals surface area contributed by atoms with Crippen molar-refractivity contribution >= 4 is 29.2 Å². The van der Waals surface area contributed by atoms with E-state index in [0.717, 1.165) is 29.9 Å². The molecule has 2 heterocycles. The minimum Gasteiger partial charge on any atom is -0.475 e. The highest BCUT2D eigenvalue weighted by atomic mass is 32.2. The number of carbonyl (C=O) groups excluding carboxylic acids is 2. The molecule has 0 bridgehead atoms. The monoisotopic (exact) mass is 492 g/mol. The molecule has 8 atom stereocenters. The van der Waals surface area contributed by atoms with Crippen LogP contribution in [0.2, 0.25) is 0 Å². The molecule has 1 N–H and O–H groups in total. The van der Waals surface area contributed by atoms with Crippen LogP contribution < -0.4 is 0 Å². The highest BCUT2D eigenvalue weighted by Gasteiger charge is 2.74. The van der Waals surface area contributed by atoms with E-state index >= 15 is 0 Å². The smallest absolute Gasteiger partial charge is 0.181 e. The van der Waals surface area contributed by atoms with Crippen molar-refractivity contribution in [3.8, 4) is 0 Å². The van der Waals surface area contributed by atoms with Gasteiger partial charge in [0.1, 0.15) is 6.10 Å². The average molecular weight is 493 g/mol. The molecule has 0 saturated heterocycles. The normalized spacial score (nSPS) is 43.3. The first kappa shape index (κ1) is 23.2. The third kappa shape index (κ3) is 3.13. The zero-order valence-electron chi connectivity index (χ0n) is 20.4. The van der Waals surface area contributed by atoms with Crippen LogP contribution in [0, 0.1) is 28.6 Å². The molecule has 0 aromatic carbocycles. The number of ether oxygens (including phenoxy) is 1. The fourth-order valence-corrected chi connectivity index (χ4v) is 9.18. The van der Waals surface area contributed by atoms with Crippen LogP contribution >= 0.6 is 11.8 Å². The number of fused-ring (bicyclic) bond motifs is 7. The zero-order valence-corrected chi connectivity index (χ0v) is 21.3. The minimum absolute atomic E-state index is 0.0175. The first-order valence-corrected chi connectivity index (χ1v) is 13.6. The molecule has 3 saturated carbocycles. The highest BCUT2D eigenvalue weighted by molar-refractivity contribution is 7.99. The van der Waals surface area contributed by atoms with E-state index in [4.69, 9.17) is 9.73 Å². The molecule has 6 unspecified atom stereocenters. The van der Waals surface area contributed by atoms with Crippen molar-refractivity contribution in [2.45, 2.75) is 69.2 Å². The van der Waals surface area contributed by atoms with Crippen molar-refractivity contribution in [2.75, 3.05) is 5.75 Å². The van der Waals surface area contributed by atoms with Gasteiger partial charge in [0.2, 0.25) is 0 Å². The van der Waals surface area contributed by atoms with Crippen LogP contribution in [0.4, 0.5) is 0 Å². The lowest BCUT2D eigenvalue weighted by Crippen LogP contribution is -2.62. The van der Waals surface area contributed by atoms with Gasteiger partial charge in [-0.25, -0.2) is 9.98 Å². The van der Waals surface area contributed by atoms with Gasteiger partial charge in [-0.05, 0) is 61.8 Å². The molecule has 3 fully saturated rings. The standard InChI is InChI=1S/C28H32N2O4S/c1-16-30-28(22(33)15-35-24-6-4-5-11-29-24)23(34-16)13-20-19-8-7-17-12-18(31)9-10-26(17,2)25(19)21(32)14-27(20,28)3/h4-6,9-12,19-21,23,25,32H,7-8,13-15H2,1-3H3/t19?,20?,21?,23-,25?,26?,27?,28-/m1/s1. The molecule has 1 aromatic heterocycles. The number of aromatic nitrogens is 1. The molecule has 35 heavy (non-hydrogen) atoms. The summed E-state index contributed by atoms with van der Waals surface area (Å²) in [7, 11) is 0. The summed E-state index contributed by atoms with van der Waals surface area (Å²) in [5.41, 5.74) is -0.676. The predicted molar refractivity (Wildman–Crippen MR) is 134 cm³/mol. The van der Waals surface area contributed by atoms with Crippen molar-refractivity contribution in [1.82, 2.24) is 4.98 Å². The molecule has 6 rings (SSSR count). The first-order chi connectivity index (χ1) is 16.7. The van der Waals surface area contributed by atoms with E-state index in [1.807, 2.05) is 31.2 Å². The molecular formula is C28H32N2O4S. The van der Waals surface area contributed by atoms with Crippen molar-refractivity contribution < 1.29 is 19.4 Å². The van der Waals surface area contributed by atoms with Crippen LogP contribution in [0.1, 0.15) is 46.5 Å². The summed E-state index contributed by atoms with van der Waals surface area (Å²) >= 11 is 1.44. The second-order valence-electron chi connectivity index (χ2n) is 11.3. The van der Waals surface area contributed by atoms with Crippen LogP contribution in [0.25, 0.3) is 0 Å². The predicted octanol–water partition coefficient (Wildman–Crippen LogP) is 4.19. The Morgan fingerprint density at radius 3 is 2.91 bits per heavy atom. The molecule has 0 amide bonds. The Balaban J connectivity index is 1.36. The lowest BCUT2D eigenvalue weighted by molar-refractivity contribution is -0.141. The largest absolute Gasteiger partial charge is 0.475 e. The second kappa shape index (κ2) is 7.87. The quantitative estimate of drug-likeness (QED) is 0.634.